The SMILES string of the molecule is CC(C)c1ccc(SCc2c(-c3ccccc3)nn(C)c2Cl)cc1. The number of nitrogens with zero attached hydrogens (tertiary/aromatic N) is 2. The van der Waals surface area contributed by atoms with Gasteiger partial charge in [-0.2, -0.15) is 5.10 Å². The molecule has 3 rings (SSSR count). The summed E-state index contributed by atoms with van der Waals surface area (Å²) in [4.78, 5) is 1.25. The highest BCUT2D eigenvalue weighted by Gasteiger charge is 2.16. The molecule has 124 valence electrons. The number of aryl methyl sites for hydroxylation is 1. The van der Waals surface area contributed by atoms with Gasteiger partial charge in [-0.25, -0.2) is 0 Å². The standard InChI is InChI=1S/C20H21ClN2S/c1-14(2)15-9-11-17(12-10-15)24-13-18-19(22-23(3)20(18)21)16-7-5-4-6-8-16/h4-12,14H,13H2,1-3H3. The molecule has 0 fully saturated rings. The largest absolute Gasteiger partial charge is 0.256 e. The van der Waals surface area contributed by atoms with E-state index in [1.54, 1.807) is 16.4 Å². The number of rotatable bonds is 5. The number of aromatic nitrogens is 2. The Hall–Kier alpha value is -1.71. The fourth-order valence-corrected chi connectivity index (χ4v) is 3.79. The highest BCUT2D eigenvalue weighted by molar-refractivity contribution is 7.98. The maximum atomic E-state index is 6.48. The molecule has 0 saturated carbocycles. The molecule has 2 nitrogen and oxygen atoms in total. The minimum atomic E-state index is 0.557. The smallest absolute Gasteiger partial charge is 0.131 e. The van der Waals surface area contributed by atoms with Gasteiger partial charge in [0, 0.05) is 28.8 Å². The summed E-state index contributed by atoms with van der Waals surface area (Å²) in [6.45, 7) is 4.42. The summed E-state index contributed by atoms with van der Waals surface area (Å²) in [5, 5.41) is 5.31. The summed E-state index contributed by atoms with van der Waals surface area (Å²) in [6.07, 6.45) is 0. The molecule has 0 amide bonds. The van der Waals surface area contributed by atoms with Crippen LogP contribution in [0.5, 0.6) is 0 Å². The van der Waals surface area contributed by atoms with E-state index >= 15 is 0 Å². The van der Waals surface area contributed by atoms with E-state index < -0.39 is 0 Å². The van der Waals surface area contributed by atoms with E-state index in [1.807, 2.05) is 25.2 Å². The molecule has 24 heavy (non-hydrogen) atoms. The molecule has 2 aromatic carbocycles. The molecule has 0 aliphatic rings. The molecule has 0 N–H and O–H groups in total. The Labute approximate surface area is 152 Å². The summed E-state index contributed by atoms with van der Waals surface area (Å²) >= 11 is 8.28. The molecule has 0 saturated heterocycles. The lowest BCUT2D eigenvalue weighted by atomic mass is 10.0. The molecule has 0 aliphatic carbocycles. The van der Waals surface area contributed by atoms with E-state index in [0.29, 0.717) is 11.1 Å². The Morgan fingerprint density at radius 1 is 1.04 bits per heavy atom. The lowest BCUT2D eigenvalue weighted by Gasteiger charge is -2.07. The molecule has 0 radical (unpaired) electrons. The van der Waals surface area contributed by atoms with Gasteiger partial charge in [-0.05, 0) is 23.6 Å². The van der Waals surface area contributed by atoms with Gasteiger partial charge >= 0.3 is 0 Å². The fraction of sp³-hybridized carbons (Fsp3) is 0.250. The van der Waals surface area contributed by atoms with Crippen LogP contribution in [-0.2, 0) is 12.8 Å². The van der Waals surface area contributed by atoms with Gasteiger partial charge in [0.25, 0.3) is 0 Å². The van der Waals surface area contributed by atoms with Crippen molar-refractivity contribution in [3.05, 3.63) is 70.9 Å². The minimum absolute atomic E-state index is 0.557. The van der Waals surface area contributed by atoms with E-state index in [9.17, 15) is 0 Å². The van der Waals surface area contributed by atoms with Crippen LogP contribution in [0.4, 0.5) is 0 Å². The van der Waals surface area contributed by atoms with Crippen molar-refractivity contribution in [1.82, 2.24) is 9.78 Å². The first-order valence-corrected chi connectivity index (χ1v) is 9.42. The highest BCUT2D eigenvalue weighted by Crippen LogP contribution is 2.34. The molecular weight excluding hydrogens is 336 g/mol. The zero-order chi connectivity index (χ0) is 17.1. The molecule has 0 unspecified atom stereocenters. The highest BCUT2D eigenvalue weighted by atomic mass is 35.5. The third-order valence-corrected chi connectivity index (χ3v) is 5.56. The predicted molar refractivity (Wildman–Crippen MR) is 104 cm³/mol. The van der Waals surface area contributed by atoms with E-state index in [0.717, 1.165) is 22.6 Å². The molecular formula is C20H21ClN2S. The lowest BCUT2D eigenvalue weighted by Crippen LogP contribution is -1.89. The van der Waals surface area contributed by atoms with Crippen LogP contribution in [0, 0.1) is 0 Å². The Bertz CT molecular complexity index is 808. The van der Waals surface area contributed by atoms with Gasteiger partial charge in [0.15, 0.2) is 0 Å². The molecule has 1 heterocycles. The van der Waals surface area contributed by atoms with Crippen molar-refractivity contribution in [1.29, 1.82) is 0 Å². The maximum Gasteiger partial charge on any atom is 0.131 e. The van der Waals surface area contributed by atoms with Crippen LogP contribution in [0.15, 0.2) is 59.5 Å². The average Bonchev–Trinajstić information content (AvgIpc) is 2.89. The van der Waals surface area contributed by atoms with E-state index in [4.69, 9.17) is 11.6 Å². The predicted octanol–water partition coefficient (Wildman–Crippen LogP) is 6.16. The first kappa shape index (κ1) is 17.1. The van der Waals surface area contributed by atoms with Gasteiger partial charge in [0.2, 0.25) is 0 Å². The number of halogens is 1. The maximum absolute atomic E-state index is 6.48. The molecule has 1 aromatic heterocycles. The molecule has 0 aliphatic heterocycles. The second kappa shape index (κ2) is 7.45. The second-order valence-electron chi connectivity index (χ2n) is 6.12. The summed E-state index contributed by atoms with van der Waals surface area (Å²) in [5.74, 6) is 1.36. The van der Waals surface area contributed by atoms with Crippen LogP contribution in [0.3, 0.4) is 0 Å². The third-order valence-electron chi connectivity index (χ3n) is 4.05. The lowest BCUT2D eigenvalue weighted by molar-refractivity contribution is 0.771. The number of hydrogen-bond donors (Lipinski definition) is 0. The van der Waals surface area contributed by atoms with Gasteiger partial charge in [-0.3, -0.25) is 4.68 Å². The fourth-order valence-electron chi connectivity index (χ4n) is 2.61. The number of hydrogen-bond acceptors (Lipinski definition) is 2. The van der Waals surface area contributed by atoms with Crippen molar-refractivity contribution in [2.45, 2.75) is 30.4 Å². The zero-order valence-corrected chi connectivity index (χ0v) is 15.7. The molecule has 4 heteroatoms. The van der Waals surface area contributed by atoms with Crippen LogP contribution in [0.1, 0.15) is 30.9 Å². The van der Waals surface area contributed by atoms with Crippen molar-refractivity contribution in [2.75, 3.05) is 0 Å². The van der Waals surface area contributed by atoms with E-state index in [2.05, 4.69) is 55.3 Å². The van der Waals surface area contributed by atoms with Crippen LogP contribution >= 0.6 is 23.4 Å². The first-order valence-electron chi connectivity index (χ1n) is 8.06. The number of thioether (sulfide) groups is 1. The summed E-state index contributed by atoms with van der Waals surface area (Å²) in [7, 11) is 1.89. The summed E-state index contributed by atoms with van der Waals surface area (Å²) in [5.41, 5.74) is 4.52. The van der Waals surface area contributed by atoms with Gasteiger partial charge in [-0.15, -0.1) is 11.8 Å². The first-order chi connectivity index (χ1) is 11.6. The Morgan fingerprint density at radius 2 is 1.71 bits per heavy atom. The van der Waals surface area contributed by atoms with Crippen molar-refractivity contribution >= 4 is 23.4 Å². The van der Waals surface area contributed by atoms with Crippen molar-refractivity contribution < 1.29 is 0 Å². The van der Waals surface area contributed by atoms with E-state index in [1.165, 1.54) is 10.5 Å². The summed E-state index contributed by atoms with van der Waals surface area (Å²) < 4.78 is 1.75. The molecule has 0 bridgehead atoms. The van der Waals surface area contributed by atoms with Crippen LogP contribution in [0.25, 0.3) is 11.3 Å². The third kappa shape index (κ3) is 3.68. The zero-order valence-electron chi connectivity index (χ0n) is 14.2. The quantitative estimate of drug-likeness (QED) is 0.510. The minimum Gasteiger partial charge on any atom is -0.256 e. The van der Waals surface area contributed by atoms with Crippen molar-refractivity contribution in [3.63, 3.8) is 0 Å². The van der Waals surface area contributed by atoms with Crippen LogP contribution < -0.4 is 0 Å². The molecule has 3 aromatic rings. The van der Waals surface area contributed by atoms with Crippen molar-refractivity contribution in [3.8, 4) is 11.3 Å². The van der Waals surface area contributed by atoms with Gasteiger partial charge in [-0.1, -0.05) is 67.9 Å². The van der Waals surface area contributed by atoms with E-state index in [-0.39, 0.29) is 0 Å². The Morgan fingerprint density at radius 3 is 2.33 bits per heavy atom. The monoisotopic (exact) mass is 356 g/mol. The molecule has 0 spiro atoms. The van der Waals surface area contributed by atoms with Crippen LogP contribution in [-0.4, -0.2) is 9.78 Å². The second-order valence-corrected chi connectivity index (χ2v) is 7.53. The van der Waals surface area contributed by atoms with Crippen LogP contribution in [0.2, 0.25) is 5.15 Å². The topological polar surface area (TPSA) is 17.8 Å². The molecule has 0 atom stereocenters. The normalized spacial score (nSPS) is 11.2. The Balaban J connectivity index is 1.82. The van der Waals surface area contributed by atoms with Gasteiger partial charge < -0.3 is 0 Å². The van der Waals surface area contributed by atoms with Gasteiger partial charge in [0.05, 0.1) is 5.69 Å². The van der Waals surface area contributed by atoms with Crippen molar-refractivity contribution in [2.24, 2.45) is 7.05 Å². The number of benzene rings is 2. The Kier molecular flexibility index (Phi) is 5.32. The average molecular weight is 357 g/mol. The van der Waals surface area contributed by atoms with Gasteiger partial charge in [0.1, 0.15) is 5.15 Å². The summed E-state index contributed by atoms with van der Waals surface area (Å²) in [6, 6.07) is 19.0.